The van der Waals surface area contributed by atoms with Crippen molar-refractivity contribution >= 4 is 11.9 Å². The van der Waals surface area contributed by atoms with Crippen molar-refractivity contribution in [2.75, 3.05) is 6.61 Å². The quantitative estimate of drug-likeness (QED) is 0.784. The van der Waals surface area contributed by atoms with Crippen LogP contribution in [0.3, 0.4) is 0 Å². The number of ether oxygens (including phenoxy) is 2. The Kier molecular flexibility index (Phi) is 6.51. The lowest BCUT2D eigenvalue weighted by Gasteiger charge is -2.14. The third-order valence-electron chi connectivity index (χ3n) is 3.38. The molecule has 0 heterocycles. The molecule has 0 aliphatic heterocycles. The summed E-state index contributed by atoms with van der Waals surface area (Å²) in [5, 5.41) is 2.59. The zero-order valence-corrected chi connectivity index (χ0v) is 14.1. The molecule has 0 aliphatic rings. The highest BCUT2D eigenvalue weighted by atomic mass is 19.1. The first-order valence-corrected chi connectivity index (χ1v) is 7.85. The van der Waals surface area contributed by atoms with Crippen LogP contribution in [0.5, 0.6) is 5.75 Å². The average molecular weight is 345 g/mol. The van der Waals surface area contributed by atoms with Crippen LogP contribution in [0.2, 0.25) is 0 Å². The fraction of sp³-hybridized carbons (Fsp3) is 0.263. The monoisotopic (exact) mass is 345 g/mol. The van der Waals surface area contributed by atoms with E-state index >= 15 is 0 Å². The maximum absolute atomic E-state index is 12.8. The first kappa shape index (κ1) is 18.4. The van der Waals surface area contributed by atoms with E-state index in [0.29, 0.717) is 5.75 Å². The van der Waals surface area contributed by atoms with Gasteiger partial charge in [0, 0.05) is 6.54 Å². The van der Waals surface area contributed by atoms with Gasteiger partial charge >= 0.3 is 5.97 Å². The normalized spacial score (nSPS) is 11.5. The standard InChI is InChI=1S/C19H20FNO4/c1-13-4-3-5-17(10-13)25-14(2)19(23)24-12-18(22)21-11-15-6-8-16(20)9-7-15/h3-10,14H,11-12H2,1-2H3,(H,21,22)/t14-/m1/s1. The van der Waals surface area contributed by atoms with Crippen molar-refractivity contribution in [2.24, 2.45) is 0 Å². The number of esters is 1. The van der Waals surface area contributed by atoms with Gasteiger partial charge in [0.2, 0.25) is 0 Å². The number of carbonyl (C=O) groups excluding carboxylic acids is 2. The number of hydrogen-bond acceptors (Lipinski definition) is 4. The van der Waals surface area contributed by atoms with E-state index in [9.17, 15) is 14.0 Å². The smallest absolute Gasteiger partial charge is 0.347 e. The Hall–Kier alpha value is -2.89. The fourth-order valence-corrected chi connectivity index (χ4v) is 2.05. The Morgan fingerprint density at radius 1 is 1.16 bits per heavy atom. The Bertz CT molecular complexity index is 730. The summed E-state index contributed by atoms with van der Waals surface area (Å²) in [4.78, 5) is 23.6. The lowest BCUT2D eigenvalue weighted by molar-refractivity contribution is -0.154. The summed E-state index contributed by atoms with van der Waals surface area (Å²) in [6.07, 6.45) is -0.827. The summed E-state index contributed by atoms with van der Waals surface area (Å²) in [5.41, 5.74) is 1.76. The second-order valence-electron chi connectivity index (χ2n) is 5.59. The molecule has 1 N–H and O–H groups in total. The van der Waals surface area contributed by atoms with Gasteiger partial charge in [-0.1, -0.05) is 24.3 Å². The molecule has 2 aromatic rings. The number of hydrogen-bond donors (Lipinski definition) is 1. The van der Waals surface area contributed by atoms with Crippen LogP contribution in [0.25, 0.3) is 0 Å². The number of nitrogens with one attached hydrogen (secondary N) is 1. The van der Waals surface area contributed by atoms with Crippen LogP contribution in [0.4, 0.5) is 4.39 Å². The molecule has 0 radical (unpaired) electrons. The SMILES string of the molecule is Cc1cccc(O[C@H](C)C(=O)OCC(=O)NCc2ccc(F)cc2)c1. The van der Waals surface area contributed by atoms with E-state index in [2.05, 4.69) is 5.32 Å². The second kappa shape index (κ2) is 8.82. The molecule has 1 atom stereocenters. The highest BCUT2D eigenvalue weighted by Gasteiger charge is 2.17. The Morgan fingerprint density at radius 3 is 2.56 bits per heavy atom. The van der Waals surface area contributed by atoms with Gasteiger partial charge in [-0.15, -0.1) is 0 Å². The molecule has 5 nitrogen and oxygen atoms in total. The summed E-state index contributed by atoms with van der Waals surface area (Å²) >= 11 is 0. The molecule has 1 amide bonds. The molecule has 0 aliphatic carbocycles. The van der Waals surface area contributed by atoms with E-state index in [1.54, 1.807) is 31.2 Å². The first-order valence-electron chi connectivity index (χ1n) is 7.85. The summed E-state index contributed by atoms with van der Waals surface area (Å²) in [7, 11) is 0. The topological polar surface area (TPSA) is 64.6 Å². The van der Waals surface area contributed by atoms with E-state index in [4.69, 9.17) is 9.47 Å². The third kappa shape index (κ3) is 6.25. The van der Waals surface area contributed by atoms with Gasteiger partial charge in [-0.2, -0.15) is 0 Å². The van der Waals surface area contributed by atoms with E-state index in [0.717, 1.165) is 11.1 Å². The van der Waals surface area contributed by atoms with Crippen molar-refractivity contribution in [3.8, 4) is 5.75 Å². The number of benzene rings is 2. The highest BCUT2D eigenvalue weighted by molar-refractivity contribution is 5.81. The zero-order chi connectivity index (χ0) is 18.2. The number of carbonyl (C=O) groups is 2. The van der Waals surface area contributed by atoms with Gasteiger partial charge in [-0.3, -0.25) is 4.79 Å². The van der Waals surface area contributed by atoms with E-state index in [1.165, 1.54) is 12.1 Å². The molecular formula is C19H20FNO4. The number of amides is 1. The molecule has 25 heavy (non-hydrogen) atoms. The molecule has 0 fully saturated rings. The third-order valence-corrected chi connectivity index (χ3v) is 3.38. The van der Waals surface area contributed by atoms with E-state index in [-0.39, 0.29) is 12.4 Å². The van der Waals surface area contributed by atoms with E-state index < -0.39 is 24.6 Å². The lowest BCUT2D eigenvalue weighted by Crippen LogP contribution is -2.32. The first-order chi connectivity index (χ1) is 11.9. The van der Waals surface area contributed by atoms with Gasteiger partial charge in [0.05, 0.1) is 0 Å². The van der Waals surface area contributed by atoms with Crippen LogP contribution in [0, 0.1) is 12.7 Å². The van der Waals surface area contributed by atoms with Gasteiger partial charge in [0.25, 0.3) is 5.91 Å². The molecule has 6 heteroatoms. The molecule has 0 aromatic heterocycles. The maximum Gasteiger partial charge on any atom is 0.347 e. The van der Waals surface area contributed by atoms with Gasteiger partial charge < -0.3 is 14.8 Å². The lowest BCUT2D eigenvalue weighted by atomic mass is 10.2. The number of aryl methyl sites for hydroxylation is 1. The van der Waals surface area contributed by atoms with Crippen molar-refractivity contribution in [3.05, 3.63) is 65.5 Å². The molecule has 0 saturated carbocycles. The molecule has 132 valence electrons. The van der Waals surface area contributed by atoms with Crippen molar-refractivity contribution in [2.45, 2.75) is 26.5 Å². The van der Waals surface area contributed by atoms with Crippen LogP contribution in [-0.4, -0.2) is 24.6 Å². The van der Waals surface area contributed by atoms with Crippen LogP contribution in [-0.2, 0) is 20.9 Å². The van der Waals surface area contributed by atoms with Crippen molar-refractivity contribution in [1.82, 2.24) is 5.32 Å². The predicted molar refractivity (Wildman–Crippen MR) is 90.5 cm³/mol. The minimum Gasteiger partial charge on any atom is -0.479 e. The van der Waals surface area contributed by atoms with E-state index in [1.807, 2.05) is 19.1 Å². The van der Waals surface area contributed by atoms with Gasteiger partial charge in [-0.05, 0) is 49.2 Å². The summed E-state index contributed by atoms with van der Waals surface area (Å²) in [6, 6.07) is 13.1. The molecule has 0 saturated heterocycles. The largest absolute Gasteiger partial charge is 0.479 e. The van der Waals surface area contributed by atoms with Gasteiger partial charge in [0.15, 0.2) is 12.7 Å². The van der Waals surface area contributed by atoms with Crippen LogP contribution >= 0.6 is 0 Å². The van der Waals surface area contributed by atoms with Crippen molar-refractivity contribution < 1.29 is 23.5 Å². The molecule has 0 bridgehead atoms. The average Bonchev–Trinajstić information content (AvgIpc) is 2.59. The van der Waals surface area contributed by atoms with Gasteiger partial charge in [0.1, 0.15) is 11.6 Å². The molecule has 2 rings (SSSR count). The minimum atomic E-state index is -0.827. The summed E-state index contributed by atoms with van der Waals surface area (Å²) in [6.45, 7) is 3.30. The fourth-order valence-electron chi connectivity index (χ4n) is 2.05. The van der Waals surface area contributed by atoms with Crippen LogP contribution in [0.15, 0.2) is 48.5 Å². The Balaban J connectivity index is 1.72. The van der Waals surface area contributed by atoms with Crippen molar-refractivity contribution in [3.63, 3.8) is 0 Å². The molecular weight excluding hydrogens is 325 g/mol. The molecule has 0 unspecified atom stereocenters. The predicted octanol–water partition coefficient (Wildman–Crippen LogP) is 2.76. The number of halogens is 1. The minimum absolute atomic E-state index is 0.228. The second-order valence-corrected chi connectivity index (χ2v) is 5.59. The maximum atomic E-state index is 12.8. The zero-order valence-electron chi connectivity index (χ0n) is 14.1. The van der Waals surface area contributed by atoms with Crippen molar-refractivity contribution in [1.29, 1.82) is 0 Å². The summed E-state index contributed by atoms with van der Waals surface area (Å²) < 4.78 is 23.2. The Morgan fingerprint density at radius 2 is 1.88 bits per heavy atom. The molecule has 0 spiro atoms. The Labute approximate surface area is 145 Å². The summed E-state index contributed by atoms with van der Waals surface area (Å²) in [5.74, 6) is -0.851. The van der Waals surface area contributed by atoms with Crippen LogP contribution in [0.1, 0.15) is 18.1 Å². The van der Waals surface area contributed by atoms with Gasteiger partial charge in [-0.25, -0.2) is 9.18 Å². The highest BCUT2D eigenvalue weighted by Crippen LogP contribution is 2.14. The number of rotatable bonds is 7. The van der Waals surface area contributed by atoms with Crippen LogP contribution < -0.4 is 10.1 Å². The molecule has 2 aromatic carbocycles.